The number of esters is 2. The van der Waals surface area contributed by atoms with Crippen LogP contribution in [0.4, 0.5) is 11.8 Å². The quantitative estimate of drug-likeness (QED) is 0.276. The van der Waals surface area contributed by atoms with E-state index in [9.17, 15) is 24.0 Å². The second kappa shape index (κ2) is 11.4. The molecule has 0 spiro atoms. The van der Waals surface area contributed by atoms with E-state index >= 15 is 0 Å². The van der Waals surface area contributed by atoms with Crippen molar-refractivity contribution in [1.82, 2.24) is 15.3 Å². The predicted octanol–water partition coefficient (Wildman–Crippen LogP) is -0.0256. The molecular formula is C21H25N5O7. The fraction of sp³-hybridized carbons (Fsp3) is 0.333. The number of ether oxygens (including phenoxy) is 2. The molecular weight excluding hydrogens is 434 g/mol. The molecule has 0 aliphatic heterocycles. The molecule has 1 atom stereocenters. The third-order valence-electron chi connectivity index (χ3n) is 4.76. The summed E-state index contributed by atoms with van der Waals surface area (Å²) in [5.74, 6) is -2.65. The molecule has 1 aromatic heterocycles. The summed E-state index contributed by atoms with van der Waals surface area (Å²) in [5.41, 5.74) is 11.1. The molecule has 176 valence electrons. The van der Waals surface area contributed by atoms with Crippen LogP contribution in [0.2, 0.25) is 0 Å². The van der Waals surface area contributed by atoms with Gasteiger partial charge in [-0.15, -0.1) is 0 Å². The SMILES string of the molecule is COC(=O)CC[C@H](NC(=O)c1ccc(CCC(=O)c2c(N)nc(N)[nH]c2=O)cc1)C(=O)OC. The molecule has 33 heavy (non-hydrogen) atoms. The number of methoxy groups -OCH3 is 2. The molecule has 12 heteroatoms. The van der Waals surface area contributed by atoms with Gasteiger partial charge in [-0.3, -0.25) is 24.2 Å². The Morgan fingerprint density at radius 3 is 2.30 bits per heavy atom. The highest BCUT2D eigenvalue weighted by atomic mass is 16.5. The van der Waals surface area contributed by atoms with Gasteiger partial charge in [0.15, 0.2) is 5.78 Å². The second-order valence-corrected chi connectivity index (χ2v) is 7.00. The summed E-state index contributed by atoms with van der Waals surface area (Å²) in [4.78, 5) is 65.9. The number of rotatable bonds is 10. The van der Waals surface area contributed by atoms with Gasteiger partial charge in [-0.05, 0) is 30.5 Å². The van der Waals surface area contributed by atoms with Crippen molar-refractivity contribution in [3.05, 3.63) is 51.3 Å². The van der Waals surface area contributed by atoms with Crippen LogP contribution < -0.4 is 22.3 Å². The third-order valence-corrected chi connectivity index (χ3v) is 4.76. The number of nitrogen functional groups attached to an aromatic ring is 2. The van der Waals surface area contributed by atoms with Gasteiger partial charge in [0, 0.05) is 18.4 Å². The van der Waals surface area contributed by atoms with Crippen LogP contribution in [-0.4, -0.2) is 53.9 Å². The molecule has 1 heterocycles. The Morgan fingerprint density at radius 2 is 1.73 bits per heavy atom. The van der Waals surface area contributed by atoms with Crippen LogP contribution in [0.3, 0.4) is 0 Å². The number of aromatic nitrogens is 2. The van der Waals surface area contributed by atoms with Gasteiger partial charge in [-0.25, -0.2) is 4.79 Å². The van der Waals surface area contributed by atoms with Crippen LogP contribution in [0.15, 0.2) is 29.1 Å². The summed E-state index contributed by atoms with van der Waals surface area (Å²) in [6.45, 7) is 0. The summed E-state index contributed by atoms with van der Waals surface area (Å²) in [7, 11) is 2.40. The maximum atomic E-state index is 12.5. The van der Waals surface area contributed by atoms with E-state index in [1.165, 1.54) is 26.4 Å². The van der Waals surface area contributed by atoms with E-state index in [4.69, 9.17) is 11.5 Å². The average Bonchev–Trinajstić information content (AvgIpc) is 2.79. The number of hydrogen-bond acceptors (Lipinski definition) is 10. The first-order valence-corrected chi connectivity index (χ1v) is 9.89. The Kier molecular flexibility index (Phi) is 8.66. The Balaban J connectivity index is 2.00. The lowest BCUT2D eigenvalue weighted by atomic mass is 10.0. The van der Waals surface area contributed by atoms with Gasteiger partial charge >= 0.3 is 11.9 Å². The number of nitrogens with one attached hydrogen (secondary N) is 2. The molecule has 0 aliphatic rings. The Bertz CT molecular complexity index is 1100. The van der Waals surface area contributed by atoms with Crippen LogP contribution in [0.5, 0.6) is 0 Å². The van der Waals surface area contributed by atoms with Crippen molar-refractivity contribution < 1.29 is 28.7 Å². The van der Waals surface area contributed by atoms with E-state index < -0.39 is 35.2 Å². The fourth-order valence-corrected chi connectivity index (χ4v) is 2.98. The number of nitrogens with two attached hydrogens (primary N) is 2. The average molecular weight is 459 g/mol. The maximum absolute atomic E-state index is 12.5. The van der Waals surface area contributed by atoms with E-state index in [0.717, 1.165) is 5.56 Å². The number of nitrogens with zero attached hydrogens (tertiary/aromatic N) is 1. The molecule has 6 N–H and O–H groups in total. The Hall–Kier alpha value is -4.22. The van der Waals surface area contributed by atoms with E-state index in [1.807, 2.05) is 0 Å². The van der Waals surface area contributed by atoms with Crippen LogP contribution in [0.25, 0.3) is 0 Å². The Labute approximate surface area is 188 Å². The van der Waals surface area contributed by atoms with Gasteiger partial charge in [0.1, 0.15) is 17.4 Å². The predicted molar refractivity (Wildman–Crippen MR) is 117 cm³/mol. The molecule has 0 fully saturated rings. The zero-order valence-corrected chi connectivity index (χ0v) is 18.2. The highest BCUT2D eigenvalue weighted by molar-refractivity contribution is 6.00. The molecule has 0 saturated carbocycles. The zero-order valence-electron chi connectivity index (χ0n) is 18.2. The van der Waals surface area contributed by atoms with Crippen LogP contribution in [-0.2, 0) is 25.5 Å². The largest absolute Gasteiger partial charge is 0.469 e. The van der Waals surface area contributed by atoms with Gasteiger partial charge in [-0.2, -0.15) is 4.98 Å². The summed E-state index contributed by atoms with van der Waals surface area (Å²) < 4.78 is 9.21. The summed E-state index contributed by atoms with van der Waals surface area (Å²) >= 11 is 0. The lowest BCUT2D eigenvalue weighted by Crippen LogP contribution is -2.41. The molecule has 0 saturated heterocycles. The lowest BCUT2D eigenvalue weighted by molar-refractivity contribution is -0.144. The minimum Gasteiger partial charge on any atom is -0.469 e. The van der Waals surface area contributed by atoms with Crippen molar-refractivity contribution in [1.29, 1.82) is 0 Å². The van der Waals surface area contributed by atoms with Crippen molar-refractivity contribution >= 4 is 35.4 Å². The van der Waals surface area contributed by atoms with E-state index in [1.54, 1.807) is 12.1 Å². The lowest BCUT2D eigenvalue weighted by Gasteiger charge is -2.16. The van der Waals surface area contributed by atoms with Crippen molar-refractivity contribution in [2.75, 3.05) is 25.7 Å². The molecule has 0 radical (unpaired) electrons. The van der Waals surface area contributed by atoms with Crippen LogP contribution in [0.1, 0.15) is 45.5 Å². The number of hydrogen-bond donors (Lipinski definition) is 4. The molecule has 1 amide bonds. The third kappa shape index (κ3) is 6.89. The molecule has 2 rings (SSSR count). The topological polar surface area (TPSA) is 197 Å². The molecule has 0 aliphatic carbocycles. The van der Waals surface area contributed by atoms with Crippen molar-refractivity contribution in [2.24, 2.45) is 0 Å². The number of aromatic amines is 1. The van der Waals surface area contributed by atoms with Crippen molar-refractivity contribution in [3.63, 3.8) is 0 Å². The van der Waals surface area contributed by atoms with Gasteiger partial charge in [0.2, 0.25) is 5.95 Å². The van der Waals surface area contributed by atoms with Crippen LogP contribution in [0, 0.1) is 0 Å². The number of ketones is 1. The maximum Gasteiger partial charge on any atom is 0.328 e. The highest BCUT2D eigenvalue weighted by Gasteiger charge is 2.23. The minimum absolute atomic E-state index is 0.0115. The van der Waals surface area contributed by atoms with Crippen molar-refractivity contribution in [3.8, 4) is 0 Å². The first-order valence-electron chi connectivity index (χ1n) is 9.89. The summed E-state index contributed by atoms with van der Waals surface area (Å²) in [6, 6.07) is 5.30. The molecule has 0 unspecified atom stereocenters. The molecule has 1 aromatic carbocycles. The second-order valence-electron chi connectivity index (χ2n) is 7.00. The first-order chi connectivity index (χ1) is 15.7. The molecule has 12 nitrogen and oxygen atoms in total. The van der Waals surface area contributed by atoms with Gasteiger partial charge in [0.25, 0.3) is 11.5 Å². The van der Waals surface area contributed by atoms with E-state index in [-0.39, 0.29) is 48.6 Å². The Morgan fingerprint density at radius 1 is 1.06 bits per heavy atom. The summed E-state index contributed by atoms with van der Waals surface area (Å²) in [6.07, 6.45) is 0.226. The number of H-pyrrole nitrogens is 1. The van der Waals surface area contributed by atoms with Crippen LogP contribution >= 0.6 is 0 Å². The molecule has 0 bridgehead atoms. The summed E-state index contributed by atoms with van der Waals surface area (Å²) in [5, 5.41) is 2.53. The fourth-order valence-electron chi connectivity index (χ4n) is 2.98. The zero-order chi connectivity index (χ0) is 24.5. The van der Waals surface area contributed by atoms with Crippen molar-refractivity contribution in [2.45, 2.75) is 31.7 Å². The number of aryl methyl sites for hydroxylation is 1. The first kappa shape index (κ1) is 25.0. The van der Waals surface area contributed by atoms with Gasteiger partial charge in [-0.1, -0.05) is 12.1 Å². The normalized spacial score (nSPS) is 11.3. The smallest absolute Gasteiger partial charge is 0.328 e. The standard InChI is InChI=1S/C21H25N5O7/c1-32-15(28)10-8-13(20(31)33-2)24-18(29)12-6-3-11(4-7-12)5-9-14(27)16-17(22)25-21(23)26-19(16)30/h3-4,6-7,13H,5,8-10H2,1-2H3,(H,24,29)(H5,22,23,25,26,30)/t13-/m0/s1. The molecule has 2 aromatic rings. The monoisotopic (exact) mass is 459 g/mol. The highest BCUT2D eigenvalue weighted by Crippen LogP contribution is 2.12. The number of carbonyl (C=O) groups is 4. The number of anilines is 2. The number of Topliss-reactive ketones (excluding diaryl/α,β-unsaturated/α-hetero) is 1. The van der Waals surface area contributed by atoms with E-state index in [2.05, 4.69) is 24.8 Å². The van der Waals surface area contributed by atoms with Gasteiger partial charge < -0.3 is 26.3 Å². The number of carbonyl (C=O) groups excluding carboxylic acids is 4. The number of benzene rings is 1. The number of amides is 1. The van der Waals surface area contributed by atoms with Gasteiger partial charge in [0.05, 0.1) is 14.2 Å². The van der Waals surface area contributed by atoms with E-state index in [0.29, 0.717) is 0 Å². The minimum atomic E-state index is -1.02.